The average Bonchev–Trinajstić information content (AvgIpc) is 2.84. The number of amides is 3. The summed E-state index contributed by atoms with van der Waals surface area (Å²) in [6, 6.07) is -0.731. The number of nitrogens with zero attached hydrogens (tertiary/aromatic N) is 3. The number of carbonyl (C=O) groups is 3. The fourth-order valence-corrected chi connectivity index (χ4v) is 4.11. The van der Waals surface area contributed by atoms with E-state index in [-0.39, 0.29) is 11.5 Å². The lowest BCUT2D eigenvalue weighted by atomic mass is 10.0. The van der Waals surface area contributed by atoms with Crippen molar-refractivity contribution in [3.05, 3.63) is 17.0 Å². The smallest absolute Gasteiger partial charge is 0.424 e. The molecule has 0 spiro atoms. The predicted molar refractivity (Wildman–Crippen MR) is 120 cm³/mol. The van der Waals surface area contributed by atoms with Crippen LogP contribution in [0.15, 0.2) is 0 Å². The topological polar surface area (TPSA) is 90.7 Å². The fraction of sp³-hybridized carbons (Fsp3) is 0.727. The number of aryl methyl sites for hydroxylation is 1. The van der Waals surface area contributed by atoms with Crippen LogP contribution >= 0.6 is 0 Å². The first-order valence-corrected chi connectivity index (χ1v) is 13.7. The number of likely N-dealkylation sites (tertiary alicyclic amines) is 1. The van der Waals surface area contributed by atoms with E-state index < -0.39 is 37.9 Å². The molecule has 9 heteroatoms. The van der Waals surface area contributed by atoms with Gasteiger partial charge in [-0.3, -0.25) is 14.3 Å². The summed E-state index contributed by atoms with van der Waals surface area (Å²) in [5.74, 6) is -1.15. The van der Waals surface area contributed by atoms with E-state index in [0.717, 1.165) is 17.0 Å². The van der Waals surface area contributed by atoms with Gasteiger partial charge in [0.1, 0.15) is 11.6 Å². The molecular formula is C22H37N3O5Si. The van der Waals surface area contributed by atoms with Gasteiger partial charge >= 0.3 is 6.09 Å². The summed E-state index contributed by atoms with van der Waals surface area (Å²) in [7, 11) is -1.95. The van der Waals surface area contributed by atoms with Gasteiger partial charge in [0.15, 0.2) is 8.32 Å². The average molecular weight is 452 g/mol. The second-order valence-electron chi connectivity index (χ2n) is 10.7. The quantitative estimate of drug-likeness (QED) is 0.489. The van der Waals surface area contributed by atoms with Crippen LogP contribution in [0, 0.1) is 13.8 Å². The minimum absolute atomic E-state index is 0.0732. The second-order valence-corrected chi connectivity index (χ2v) is 15.6. The Hall–Kier alpha value is -2.00. The van der Waals surface area contributed by atoms with Gasteiger partial charge in [-0.2, -0.15) is 10.00 Å². The molecule has 1 unspecified atom stereocenters. The molecule has 174 valence electrons. The molecule has 2 rings (SSSR count). The number of imide groups is 3. The lowest BCUT2D eigenvalue weighted by Crippen LogP contribution is -2.51. The highest BCUT2D eigenvalue weighted by molar-refractivity contribution is 6.74. The normalized spacial score (nSPS) is 18.5. The second kappa shape index (κ2) is 8.50. The third-order valence-electron chi connectivity index (χ3n) is 6.12. The zero-order valence-corrected chi connectivity index (χ0v) is 21.6. The number of rotatable bonds is 4. The molecule has 1 aromatic heterocycles. The summed E-state index contributed by atoms with van der Waals surface area (Å²) < 4.78 is 13.3. The molecule has 1 saturated heterocycles. The van der Waals surface area contributed by atoms with Gasteiger partial charge in [-0.25, -0.2) is 4.79 Å². The van der Waals surface area contributed by atoms with Gasteiger partial charge in [-0.15, -0.1) is 0 Å². The minimum atomic E-state index is -1.95. The van der Waals surface area contributed by atoms with E-state index in [9.17, 15) is 14.4 Å². The van der Waals surface area contributed by atoms with Crippen LogP contribution in [0.2, 0.25) is 18.1 Å². The summed E-state index contributed by atoms with van der Waals surface area (Å²) in [4.78, 5) is 38.6. The van der Waals surface area contributed by atoms with Crippen molar-refractivity contribution in [3.63, 3.8) is 0 Å². The number of aromatic nitrogens is 2. The molecule has 1 fully saturated rings. The monoisotopic (exact) mass is 451 g/mol. The first-order chi connectivity index (χ1) is 14.0. The van der Waals surface area contributed by atoms with Crippen LogP contribution in [0.25, 0.3) is 0 Å². The van der Waals surface area contributed by atoms with E-state index in [0.29, 0.717) is 17.9 Å². The molecule has 2 heterocycles. The van der Waals surface area contributed by atoms with Crippen molar-refractivity contribution in [2.24, 2.45) is 0 Å². The van der Waals surface area contributed by atoms with E-state index in [4.69, 9.17) is 9.16 Å². The highest BCUT2D eigenvalue weighted by Crippen LogP contribution is 2.37. The molecule has 1 aliphatic heterocycles. The van der Waals surface area contributed by atoms with E-state index in [1.54, 1.807) is 25.5 Å². The molecule has 0 bridgehead atoms. The summed E-state index contributed by atoms with van der Waals surface area (Å²) in [6.45, 7) is 20.2. The molecule has 31 heavy (non-hydrogen) atoms. The first-order valence-electron chi connectivity index (χ1n) is 10.7. The molecule has 0 N–H and O–H groups in total. The van der Waals surface area contributed by atoms with E-state index in [2.05, 4.69) is 39.0 Å². The molecule has 1 atom stereocenters. The van der Waals surface area contributed by atoms with Gasteiger partial charge in [0.05, 0.1) is 12.3 Å². The van der Waals surface area contributed by atoms with Gasteiger partial charge in [0.25, 0.3) is 5.91 Å². The van der Waals surface area contributed by atoms with Crippen LogP contribution in [-0.4, -0.2) is 46.5 Å². The standard InChI is InChI=1S/C22H37N3O5Si/c1-14-16(13-29-31(9,10)22(6,7)8)15(2)25(23-14)17-11-12-18(26)24(19(17)27)20(28)30-21(3,4)5/h17H,11-13H2,1-10H3. The fourth-order valence-electron chi connectivity index (χ4n) is 3.17. The van der Waals surface area contributed by atoms with Gasteiger partial charge < -0.3 is 9.16 Å². The van der Waals surface area contributed by atoms with Crippen LogP contribution in [0.4, 0.5) is 4.79 Å². The largest absolute Gasteiger partial charge is 0.443 e. The highest BCUT2D eigenvalue weighted by Gasteiger charge is 2.43. The Bertz CT molecular complexity index is 877. The molecule has 0 aliphatic carbocycles. The SMILES string of the molecule is Cc1nn(C2CCC(=O)N(C(=O)OC(C)(C)C)C2=O)c(C)c1CO[Si](C)(C)C(C)(C)C. The Kier molecular flexibility index (Phi) is 6.93. The maximum atomic E-state index is 13.1. The summed E-state index contributed by atoms with van der Waals surface area (Å²) >= 11 is 0. The Labute approximate surface area is 186 Å². The number of ether oxygens (including phenoxy) is 1. The molecule has 8 nitrogen and oxygen atoms in total. The van der Waals surface area contributed by atoms with Crippen molar-refractivity contribution in [2.45, 2.75) is 105 Å². The predicted octanol–water partition coefficient (Wildman–Crippen LogP) is 4.65. The zero-order chi connectivity index (χ0) is 23.9. The third kappa shape index (κ3) is 5.44. The molecule has 0 saturated carbocycles. The number of hydrogen-bond donors (Lipinski definition) is 0. The first kappa shape index (κ1) is 25.3. The molecule has 0 radical (unpaired) electrons. The summed E-state index contributed by atoms with van der Waals surface area (Å²) in [5.41, 5.74) is 1.73. The number of carbonyl (C=O) groups excluding carboxylic acids is 3. The molecule has 3 amide bonds. The van der Waals surface area contributed by atoms with E-state index >= 15 is 0 Å². The van der Waals surface area contributed by atoms with Crippen LogP contribution in [-0.2, 0) is 25.4 Å². The molecular weight excluding hydrogens is 414 g/mol. The molecule has 1 aliphatic rings. The van der Waals surface area contributed by atoms with Crippen LogP contribution in [0.5, 0.6) is 0 Å². The highest BCUT2D eigenvalue weighted by atomic mass is 28.4. The number of piperidine rings is 1. The van der Waals surface area contributed by atoms with Crippen molar-refractivity contribution in [2.75, 3.05) is 0 Å². The van der Waals surface area contributed by atoms with Crippen molar-refractivity contribution >= 4 is 26.2 Å². The zero-order valence-electron chi connectivity index (χ0n) is 20.6. The maximum absolute atomic E-state index is 13.1. The van der Waals surface area contributed by atoms with Gasteiger partial charge in [-0.05, 0) is 59.2 Å². The van der Waals surface area contributed by atoms with Crippen molar-refractivity contribution < 1.29 is 23.5 Å². The lowest BCUT2D eigenvalue weighted by Gasteiger charge is -2.36. The Balaban J connectivity index is 2.29. The molecule has 0 aromatic carbocycles. The Morgan fingerprint density at radius 1 is 1.13 bits per heavy atom. The molecule has 1 aromatic rings. The summed E-state index contributed by atoms with van der Waals surface area (Å²) in [6.07, 6.45) is -0.569. The summed E-state index contributed by atoms with van der Waals surface area (Å²) in [5, 5.41) is 4.66. The van der Waals surface area contributed by atoms with Crippen molar-refractivity contribution in [1.29, 1.82) is 0 Å². The van der Waals surface area contributed by atoms with Gasteiger partial charge in [0.2, 0.25) is 5.91 Å². The van der Waals surface area contributed by atoms with Gasteiger partial charge in [-0.1, -0.05) is 20.8 Å². The van der Waals surface area contributed by atoms with E-state index in [1.807, 2.05) is 13.8 Å². The van der Waals surface area contributed by atoms with Crippen LogP contribution in [0.1, 0.15) is 77.4 Å². The van der Waals surface area contributed by atoms with E-state index in [1.165, 1.54) is 0 Å². The Morgan fingerprint density at radius 2 is 1.71 bits per heavy atom. The van der Waals surface area contributed by atoms with Gasteiger partial charge in [0, 0.05) is 17.7 Å². The maximum Gasteiger partial charge on any atom is 0.424 e. The third-order valence-corrected chi connectivity index (χ3v) is 10.6. The lowest BCUT2D eigenvalue weighted by molar-refractivity contribution is -0.149. The van der Waals surface area contributed by atoms with Crippen molar-refractivity contribution in [3.8, 4) is 0 Å². The van der Waals surface area contributed by atoms with Crippen LogP contribution in [0.3, 0.4) is 0 Å². The van der Waals surface area contributed by atoms with Crippen molar-refractivity contribution in [1.82, 2.24) is 14.7 Å². The van der Waals surface area contributed by atoms with Crippen LogP contribution < -0.4 is 0 Å². The minimum Gasteiger partial charge on any atom is -0.443 e. The number of hydrogen-bond acceptors (Lipinski definition) is 6. The Morgan fingerprint density at radius 3 is 2.23 bits per heavy atom.